The van der Waals surface area contributed by atoms with Gasteiger partial charge in [-0.15, -0.1) is 0 Å². The van der Waals surface area contributed by atoms with Crippen LogP contribution in [-0.2, 0) is 19.1 Å². The molecule has 3 rings (SSSR count). The lowest BCUT2D eigenvalue weighted by molar-refractivity contribution is -0.178. The van der Waals surface area contributed by atoms with E-state index in [1.807, 2.05) is 0 Å². The molecule has 0 fully saturated rings. The average Bonchev–Trinajstić information content (AvgIpc) is 3.28. The fraction of sp³-hybridized carbons (Fsp3) is 0.407. The van der Waals surface area contributed by atoms with Crippen LogP contribution in [0.4, 0.5) is 0 Å². The second-order valence-electron chi connectivity index (χ2n) is 9.82. The normalized spacial score (nSPS) is 14.6. The quantitative estimate of drug-likeness (QED) is 0.139. The lowest BCUT2D eigenvalue weighted by Crippen LogP contribution is -2.45. The molecule has 1 aromatic carbocycles. The first-order valence-electron chi connectivity index (χ1n) is 12.0. The minimum Gasteiger partial charge on any atom is -0.488 e. The number of carbonyl (C=O) groups is 3. The molecule has 0 aliphatic heterocycles. The number of furan rings is 1. The number of hydrogen-bond donors (Lipinski definition) is 4. The maximum Gasteiger partial charge on any atom is 0.336 e. The summed E-state index contributed by atoms with van der Waals surface area (Å²) in [5.41, 5.74) is -3.24. The highest BCUT2D eigenvalue weighted by atomic mass is 16.6. The Morgan fingerprint density at radius 2 is 1.74 bits per heavy atom. The monoisotopic (exact) mass is 546 g/mol. The second kappa shape index (κ2) is 11.7. The number of rotatable bonds is 13. The standard InChI is InChI=1S/C27H30O12/c1-15(4-6-20(26(2,3)34)39-23(31)14-27(35,25(32)33)13-21(28)29)8-10-37-24-16-5-7-22(30)38-19(16)12-18-17(24)9-11-36-18/h5,7-9,11-12,20,34-35H,4,6,10,13-14H2,1-3H3,(H,28,29)(H,32,33)/b15-8-/t20-,27+/m0/s1. The number of fused-ring (bicyclic) bond motifs is 2. The summed E-state index contributed by atoms with van der Waals surface area (Å²) in [4.78, 5) is 46.2. The van der Waals surface area contributed by atoms with Crippen molar-refractivity contribution in [3.05, 3.63) is 52.6 Å². The number of aliphatic carboxylic acids is 2. The smallest absolute Gasteiger partial charge is 0.336 e. The number of carboxylic acid groups (broad SMARTS) is 2. The van der Waals surface area contributed by atoms with Crippen LogP contribution in [0.1, 0.15) is 46.5 Å². The zero-order valence-electron chi connectivity index (χ0n) is 21.6. The van der Waals surface area contributed by atoms with Crippen LogP contribution in [-0.4, -0.2) is 62.2 Å². The number of hydrogen-bond acceptors (Lipinski definition) is 10. The van der Waals surface area contributed by atoms with Crippen molar-refractivity contribution in [3.8, 4) is 5.75 Å². The molecule has 2 atom stereocenters. The molecule has 210 valence electrons. The van der Waals surface area contributed by atoms with Gasteiger partial charge in [0.05, 0.1) is 35.5 Å². The van der Waals surface area contributed by atoms with Crippen LogP contribution in [0.15, 0.2) is 55.8 Å². The Kier molecular flexibility index (Phi) is 8.82. The van der Waals surface area contributed by atoms with Crippen molar-refractivity contribution >= 4 is 39.8 Å². The molecular weight excluding hydrogens is 516 g/mol. The van der Waals surface area contributed by atoms with Gasteiger partial charge in [-0.1, -0.05) is 5.57 Å². The molecule has 0 aliphatic carbocycles. The topological polar surface area (TPSA) is 194 Å². The molecule has 39 heavy (non-hydrogen) atoms. The first-order chi connectivity index (χ1) is 18.2. The molecule has 2 heterocycles. The van der Waals surface area contributed by atoms with Gasteiger partial charge in [-0.2, -0.15) is 0 Å². The molecule has 0 radical (unpaired) electrons. The highest BCUT2D eigenvalue weighted by Crippen LogP contribution is 2.35. The Balaban J connectivity index is 1.66. The molecule has 0 saturated heterocycles. The van der Waals surface area contributed by atoms with Gasteiger partial charge in [0.2, 0.25) is 0 Å². The molecule has 2 aromatic heterocycles. The van der Waals surface area contributed by atoms with Gasteiger partial charge in [-0.05, 0) is 51.8 Å². The number of aliphatic hydroxyl groups is 2. The van der Waals surface area contributed by atoms with Gasteiger partial charge >= 0.3 is 23.5 Å². The van der Waals surface area contributed by atoms with E-state index in [9.17, 15) is 29.4 Å². The molecule has 0 aliphatic rings. The summed E-state index contributed by atoms with van der Waals surface area (Å²) in [6, 6.07) is 6.23. The van der Waals surface area contributed by atoms with E-state index in [-0.39, 0.29) is 13.0 Å². The van der Waals surface area contributed by atoms with Crippen LogP contribution in [0.5, 0.6) is 5.75 Å². The largest absolute Gasteiger partial charge is 0.488 e. The van der Waals surface area contributed by atoms with Gasteiger partial charge in [0.15, 0.2) is 5.60 Å². The zero-order chi connectivity index (χ0) is 29.0. The van der Waals surface area contributed by atoms with Gasteiger partial charge in [-0.3, -0.25) is 9.59 Å². The Morgan fingerprint density at radius 1 is 1.05 bits per heavy atom. The van der Waals surface area contributed by atoms with Crippen molar-refractivity contribution in [1.29, 1.82) is 0 Å². The molecular formula is C27H30O12. The third-order valence-corrected chi connectivity index (χ3v) is 6.11. The SMILES string of the molecule is C/C(=C/COc1c2ccoc2cc2oc(=O)ccc12)CC[C@H](OC(=O)C[C@](O)(CC(=O)O)C(=O)O)C(C)(C)O. The fourth-order valence-corrected chi connectivity index (χ4v) is 3.95. The Bertz CT molecular complexity index is 1450. The van der Waals surface area contributed by atoms with Crippen LogP contribution in [0, 0.1) is 0 Å². The van der Waals surface area contributed by atoms with Gasteiger partial charge in [0, 0.05) is 12.1 Å². The number of allylic oxidation sites excluding steroid dienone is 1. The molecule has 0 amide bonds. The van der Waals surface area contributed by atoms with Crippen molar-refractivity contribution in [2.24, 2.45) is 0 Å². The van der Waals surface area contributed by atoms with Crippen molar-refractivity contribution in [2.75, 3.05) is 6.61 Å². The first-order valence-corrected chi connectivity index (χ1v) is 12.0. The third-order valence-electron chi connectivity index (χ3n) is 6.11. The first kappa shape index (κ1) is 29.4. The van der Waals surface area contributed by atoms with Gasteiger partial charge < -0.3 is 38.7 Å². The molecule has 4 N–H and O–H groups in total. The number of ether oxygens (including phenoxy) is 2. The van der Waals surface area contributed by atoms with Crippen molar-refractivity contribution in [3.63, 3.8) is 0 Å². The predicted molar refractivity (Wildman–Crippen MR) is 136 cm³/mol. The van der Waals surface area contributed by atoms with E-state index in [1.54, 1.807) is 31.2 Å². The molecule has 3 aromatic rings. The molecule has 0 spiro atoms. The van der Waals surface area contributed by atoms with E-state index < -0.39 is 53.7 Å². The van der Waals surface area contributed by atoms with E-state index in [0.717, 1.165) is 5.57 Å². The zero-order valence-corrected chi connectivity index (χ0v) is 21.6. The third kappa shape index (κ3) is 7.45. The van der Waals surface area contributed by atoms with E-state index in [2.05, 4.69) is 0 Å². The summed E-state index contributed by atoms with van der Waals surface area (Å²) in [7, 11) is 0. The minimum absolute atomic E-state index is 0.137. The van der Waals surface area contributed by atoms with Crippen molar-refractivity contribution in [1.82, 2.24) is 0 Å². The molecule has 0 saturated carbocycles. The lowest BCUT2D eigenvalue weighted by Gasteiger charge is -2.30. The predicted octanol–water partition coefficient (Wildman–Crippen LogP) is 3.01. The molecule has 0 unspecified atom stereocenters. The van der Waals surface area contributed by atoms with Crippen LogP contribution >= 0.6 is 0 Å². The van der Waals surface area contributed by atoms with E-state index in [0.29, 0.717) is 34.1 Å². The van der Waals surface area contributed by atoms with Crippen LogP contribution in [0.2, 0.25) is 0 Å². The summed E-state index contributed by atoms with van der Waals surface area (Å²) >= 11 is 0. The second-order valence-corrected chi connectivity index (χ2v) is 9.82. The Hall–Kier alpha value is -4.16. The Morgan fingerprint density at radius 3 is 2.38 bits per heavy atom. The summed E-state index contributed by atoms with van der Waals surface area (Å²) in [6.45, 7) is 4.75. The van der Waals surface area contributed by atoms with Crippen molar-refractivity contribution < 1.29 is 53.1 Å². The fourth-order valence-electron chi connectivity index (χ4n) is 3.95. The maximum absolute atomic E-state index is 12.4. The van der Waals surface area contributed by atoms with Crippen LogP contribution in [0.3, 0.4) is 0 Å². The van der Waals surface area contributed by atoms with Gasteiger partial charge in [0.1, 0.15) is 29.6 Å². The summed E-state index contributed by atoms with van der Waals surface area (Å²) in [6.07, 6.45) is 0.402. The van der Waals surface area contributed by atoms with E-state index >= 15 is 0 Å². The number of benzene rings is 1. The van der Waals surface area contributed by atoms with E-state index in [4.69, 9.17) is 28.5 Å². The minimum atomic E-state index is -2.84. The Labute approximate surface area is 222 Å². The van der Waals surface area contributed by atoms with Crippen LogP contribution < -0.4 is 10.4 Å². The van der Waals surface area contributed by atoms with Gasteiger partial charge in [-0.25, -0.2) is 9.59 Å². The molecule has 12 nitrogen and oxygen atoms in total. The summed E-state index contributed by atoms with van der Waals surface area (Å²) in [5, 5.41) is 39.9. The van der Waals surface area contributed by atoms with Gasteiger partial charge in [0.25, 0.3) is 0 Å². The number of esters is 1. The van der Waals surface area contributed by atoms with Crippen LogP contribution in [0.25, 0.3) is 21.9 Å². The highest BCUT2D eigenvalue weighted by Gasteiger charge is 2.42. The summed E-state index contributed by atoms with van der Waals surface area (Å²) in [5.74, 6) is -4.16. The highest BCUT2D eigenvalue weighted by molar-refractivity contribution is 6.01. The lowest BCUT2D eigenvalue weighted by atomic mass is 9.94. The van der Waals surface area contributed by atoms with Crippen molar-refractivity contribution in [2.45, 2.75) is 63.8 Å². The summed E-state index contributed by atoms with van der Waals surface area (Å²) < 4.78 is 21.9. The maximum atomic E-state index is 12.4. The number of carboxylic acids is 2. The number of carbonyl (C=O) groups excluding carboxylic acids is 1. The average molecular weight is 547 g/mol. The molecule has 12 heteroatoms. The van der Waals surface area contributed by atoms with E-state index in [1.165, 1.54) is 26.2 Å². The molecule has 0 bridgehead atoms.